The summed E-state index contributed by atoms with van der Waals surface area (Å²) in [7, 11) is 0. The maximum absolute atomic E-state index is 12.0. The number of hydrogen-bond donors (Lipinski definition) is 2. The topological polar surface area (TPSA) is 41.1 Å². The maximum atomic E-state index is 12.0. The van der Waals surface area contributed by atoms with Crippen molar-refractivity contribution in [1.29, 1.82) is 0 Å². The van der Waals surface area contributed by atoms with Crippen LogP contribution in [0.25, 0.3) is 0 Å². The minimum absolute atomic E-state index is 0.226. The second-order valence-electron chi connectivity index (χ2n) is 5.47. The summed E-state index contributed by atoms with van der Waals surface area (Å²) in [4.78, 5) is 12.0. The third-order valence-corrected chi connectivity index (χ3v) is 3.97. The third-order valence-electron chi connectivity index (χ3n) is 3.97. The first kappa shape index (κ1) is 15.5. The van der Waals surface area contributed by atoms with Crippen molar-refractivity contribution in [2.45, 2.75) is 71.3 Å². The molecule has 1 fully saturated rings. The molecule has 2 unspecified atom stereocenters. The molecule has 18 heavy (non-hydrogen) atoms. The van der Waals surface area contributed by atoms with Gasteiger partial charge in [-0.25, -0.2) is 0 Å². The predicted octanol–water partition coefficient (Wildman–Crippen LogP) is 2.85. The van der Waals surface area contributed by atoms with Crippen LogP contribution in [0, 0.1) is 5.92 Å². The molecule has 1 heterocycles. The lowest BCUT2D eigenvalue weighted by molar-refractivity contribution is -0.125. The summed E-state index contributed by atoms with van der Waals surface area (Å²) in [6.07, 6.45) is 9.33. The summed E-state index contributed by atoms with van der Waals surface area (Å²) < 4.78 is 0. The van der Waals surface area contributed by atoms with Crippen LogP contribution < -0.4 is 10.6 Å². The molecule has 0 radical (unpaired) electrons. The minimum Gasteiger partial charge on any atom is -0.356 e. The standard InChI is InChI=1S/C15H30N2O/c1-3-5-8-13(4-2)15(18)17-12-10-14-9-6-7-11-16-14/h13-14,16H,3-12H2,1-2H3,(H,17,18). The Bertz CT molecular complexity index is 225. The van der Waals surface area contributed by atoms with Crippen LogP contribution in [0.2, 0.25) is 0 Å². The summed E-state index contributed by atoms with van der Waals surface area (Å²) in [6, 6.07) is 0.620. The number of carbonyl (C=O) groups is 1. The SMILES string of the molecule is CCCCC(CC)C(=O)NCCC1CCCCN1. The van der Waals surface area contributed by atoms with Crippen molar-refractivity contribution in [2.24, 2.45) is 5.92 Å². The molecule has 0 aliphatic carbocycles. The molecule has 2 N–H and O–H groups in total. The fourth-order valence-electron chi connectivity index (χ4n) is 2.66. The van der Waals surface area contributed by atoms with Crippen LogP contribution in [0.15, 0.2) is 0 Å². The maximum Gasteiger partial charge on any atom is 0.223 e. The third kappa shape index (κ3) is 5.85. The monoisotopic (exact) mass is 254 g/mol. The van der Waals surface area contributed by atoms with Gasteiger partial charge >= 0.3 is 0 Å². The second-order valence-corrected chi connectivity index (χ2v) is 5.47. The van der Waals surface area contributed by atoms with Gasteiger partial charge < -0.3 is 10.6 Å². The lowest BCUT2D eigenvalue weighted by atomic mass is 9.98. The fourth-order valence-corrected chi connectivity index (χ4v) is 2.66. The van der Waals surface area contributed by atoms with E-state index in [1.165, 1.54) is 25.7 Å². The van der Waals surface area contributed by atoms with Gasteiger partial charge in [-0.2, -0.15) is 0 Å². The average molecular weight is 254 g/mol. The lowest BCUT2D eigenvalue weighted by Gasteiger charge is -2.24. The van der Waals surface area contributed by atoms with Gasteiger partial charge in [0, 0.05) is 18.5 Å². The van der Waals surface area contributed by atoms with Crippen molar-refractivity contribution in [1.82, 2.24) is 10.6 Å². The highest BCUT2D eigenvalue weighted by molar-refractivity contribution is 5.78. The molecule has 0 aromatic rings. The molecule has 0 aromatic carbocycles. The molecule has 3 nitrogen and oxygen atoms in total. The fraction of sp³-hybridized carbons (Fsp3) is 0.933. The number of unbranched alkanes of at least 4 members (excludes halogenated alkanes) is 1. The zero-order valence-corrected chi connectivity index (χ0v) is 12.1. The molecule has 0 saturated carbocycles. The van der Waals surface area contributed by atoms with Gasteiger partial charge in [-0.15, -0.1) is 0 Å². The Morgan fingerprint density at radius 3 is 2.83 bits per heavy atom. The van der Waals surface area contributed by atoms with Crippen LogP contribution in [0.4, 0.5) is 0 Å². The molecule has 2 atom stereocenters. The molecule has 1 rings (SSSR count). The van der Waals surface area contributed by atoms with E-state index in [2.05, 4.69) is 24.5 Å². The summed E-state index contributed by atoms with van der Waals surface area (Å²) >= 11 is 0. The highest BCUT2D eigenvalue weighted by Crippen LogP contribution is 2.13. The van der Waals surface area contributed by atoms with E-state index in [-0.39, 0.29) is 11.8 Å². The molecule has 106 valence electrons. The Hall–Kier alpha value is -0.570. The molecular weight excluding hydrogens is 224 g/mol. The molecule has 0 spiro atoms. The Balaban J connectivity index is 2.13. The van der Waals surface area contributed by atoms with Gasteiger partial charge in [-0.1, -0.05) is 33.1 Å². The Morgan fingerprint density at radius 1 is 1.39 bits per heavy atom. The van der Waals surface area contributed by atoms with E-state index < -0.39 is 0 Å². The number of rotatable bonds is 8. The molecular formula is C15H30N2O. The second kappa shape index (κ2) is 9.37. The molecule has 1 aliphatic heterocycles. The highest BCUT2D eigenvalue weighted by Gasteiger charge is 2.16. The smallest absolute Gasteiger partial charge is 0.223 e. The van der Waals surface area contributed by atoms with Crippen molar-refractivity contribution in [3.63, 3.8) is 0 Å². The first-order valence-corrected chi connectivity index (χ1v) is 7.79. The number of hydrogen-bond acceptors (Lipinski definition) is 2. The minimum atomic E-state index is 0.226. The van der Waals surface area contributed by atoms with Crippen LogP contribution in [0.1, 0.15) is 65.2 Å². The lowest BCUT2D eigenvalue weighted by Crippen LogP contribution is -2.38. The van der Waals surface area contributed by atoms with E-state index in [1.807, 2.05) is 0 Å². The van der Waals surface area contributed by atoms with Crippen molar-refractivity contribution in [2.75, 3.05) is 13.1 Å². The zero-order valence-electron chi connectivity index (χ0n) is 12.1. The number of carbonyl (C=O) groups excluding carboxylic acids is 1. The van der Waals surface area contributed by atoms with Crippen LogP contribution in [0.5, 0.6) is 0 Å². The van der Waals surface area contributed by atoms with E-state index >= 15 is 0 Å². The predicted molar refractivity (Wildman–Crippen MR) is 76.6 cm³/mol. The van der Waals surface area contributed by atoms with E-state index in [4.69, 9.17) is 0 Å². The number of piperidine rings is 1. The van der Waals surface area contributed by atoms with Gasteiger partial charge in [0.2, 0.25) is 5.91 Å². The van der Waals surface area contributed by atoms with Gasteiger partial charge in [-0.05, 0) is 38.6 Å². The van der Waals surface area contributed by atoms with Crippen molar-refractivity contribution < 1.29 is 4.79 Å². The average Bonchev–Trinajstić information content (AvgIpc) is 2.41. The molecule has 0 bridgehead atoms. The van der Waals surface area contributed by atoms with Gasteiger partial charge in [0.15, 0.2) is 0 Å². The molecule has 1 saturated heterocycles. The van der Waals surface area contributed by atoms with Crippen molar-refractivity contribution >= 4 is 5.91 Å². The first-order chi connectivity index (χ1) is 8.77. The molecule has 3 heteroatoms. The van der Waals surface area contributed by atoms with Crippen LogP contribution in [-0.2, 0) is 4.79 Å². The quantitative estimate of drug-likeness (QED) is 0.699. The van der Waals surface area contributed by atoms with Gasteiger partial charge in [0.1, 0.15) is 0 Å². The Labute approximate surface area is 112 Å². The first-order valence-electron chi connectivity index (χ1n) is 7.79. The highest BCUT2D eigenvalue weighted by atomic mass is 16.1. The Morgan fingerprint density at radius 2 is 2.22 bits per heavy atom. The van der Waals surface area contributed by atoms with E-state index in [9.17, 15) is 4.79 Å². The van der Waals surface area contributed by atoms with Gasteiger partial charge in [0.25, 0.3) is 0 Å². The molecule has 1 aliphatic rings. The summed E-state index contributed by atoms with van der Waals surface area (Å²) in [5.41, 5.74) is 0. The zero-order chi connectivity index (χ0) is 13.2. The number of amides is 1. The van der Waals surface area contributed by atoms with E-state index in [1.54, 1.807) is 0 Å². The Kier molecular flexibility index (Phi) is 8.06. The van der Waals surface area contributed by atoms with Crippen molar-refractivity contribution in [3.8, 4) is 0 Å². The van der Waals surface area contributed by atoms with Crippen LogP contribution in [0.3, 0.4) is 0 Å². The van der Waals surface area contributed by atoms with Crippen LogP contribution in [-0.4, -0.2) is 25.0 Å². The van der Waals surface area contributed by atoms with E-state index in [0.717, 1.165) is 38.8 Å². The molecule has 1 amide bonds. The summed E-state index contributed by atoms with van der Waals surface area (Å²) in [5, 5.41) is 6.63. The largest absolute Gasteiger partial charge is 0.356 e. The van der Waals surface area contributed by atoms with Crippen molar-refractivity contribution in [3.05, 3.63) is 0 Å². The summed E-state index contributed by atoms with van der Waals surface area (Å²) in [6.45, 7) is 6.27. The van der Waals surface area contributed by atoms with E-state index in [0.29, 0.717) is 6.04 Å². The van der Waals surface area contributed by atoms with Crippen LogP contribution >= 0.6 is 0 Å². The normalized spacial score (nSPS) is 21.6. The van der Waals surface area contributed by atoms with Gasteiger partial charge in [-0.3, -0.25) is 4.79 Å². The van der Waals surface area contributed by atoms with Gasteiger partial charge in [0.05, 0.1) is 0 Å². The summed E-state index contributed by atoms with van der Waals surface area (Å²) in [5.74, 6) is 0.492. The number of nitrogens with one attached hydrogen (secondary N) is 2. The molecule has 0 aromatic heterocycles.